The van der Waals surface area contributed by atoms with Crippen molar-refractivity contribution >= 4 is 22.6 Å². The van der Waals surface area contributed by atoms with E-state index in [4.69, 9.17) is 4.42 Å². The molecule has 0 aliphatic heterocycles. The number of carbonyl (C=O) groups is 1. The number of H-pyrrole nitrogens is 1. The van der Waals surface area contributed by atoms with E-state index in [-0.39, 0.29) is 5.91 Å². The van der Waals surface area contributed by atoms with Gasteiger partial charge in [-0.3, -0.25) is 9.89 Å². The van der Waals surface area contributed by atoms with E-state index in [0.29, 0.717) is 17.1 Å². The number of aromatic nitrogens is 4. The second-order valence-electron chi connectivity index (χ2n) is 5.55. The van der Waals surface area contributed by atoms with E-state index in [2.05, 4.69) is 20.5 Å². The number of furan rings is 1. The smallest absolute Gasteiger partial charge is 0.273 e. The third-order valence-electron chi connectivity index (χ3n) is 4.00. The first-order valence-electron chi connectivity index (χ1n) is 7.44. The van der Waals surface area contributed by atoms with Gasteiger partial charge in [-0.2, -0.15) is 5.10 Å². The van der Waals surface area contributed by atoms with Crippen LogP contribution in [0.3, 0.4) is 0 Å². The van der Waals surface area contributed by atoms with Crippen LogP contribution in [0.2, 0.25) is 0 Å². The third kappa shape index (κ3) is 2.36. The Morgan fingerprint density at radius 2 is 2.17 bits per heavy atom. The van der Waals surface area contributed by atoms with Crippen LogP contribution in [0, 0.1) is 6.92 Å². The van der Waals surface area contributed by atoms with Crippen LogP contribution in [-0.2, 0) is 7.05 Å². The number of nitrogens with one attached hydrogen (secondary N) is 2. The Bertz CT molecular complexity index is 1030. The van der Waals surface area contributed by atoms with Crippen molar-refractivity contribution in [3.8, 4) is 11.3 Å². The number of nitrogens with zero attached hydrogens (tertiary/aromatic N) is 3. The summed E-state index contributed by atoms with van der Waals surface area (Å²) in [6.07, 6.45) is 3.14. The molecule has 120 valence electrons. The highest BCUT2D eigenvalue weighted by atomic mass is 16.3. The lowest BCUT2D eigenvalue weighted by molar-refractivity contribution is 0.102. The highest BCUT2D eigenvalue weighted by Gasteiger charge is 2.13. The highest BCUT2D eigenvalue weighted by Crippen LogP contribution is 2.21. The fourth-order valence-corrected chi connectivity index (χ4v) is 2.59. The van der Waals surface area contributed by atoms with E-state index in [1.54, 1.807) is 24.7 Å². The van der Waals surface area contributed by atoms with E-state index >= 15 is 0 Å². The van der Waals surface area contributed by atoms with Gasteiger partial charge in [0, 0.05) is 18.3 Å². The van der Waals surface area contributed by atoms with E-state index in [1.165, 1.54) is 0 Å². The molecule has 0 radical (unpaired) electrons. The fraction of sp³-hybridized carbons (Fsp3) is 0.118. The zero-order chi connectivity index (χ0) is 16.7. The second-order valence-corrected chi connectivity index (χ2v) is 5.55. The summed E-state index contributed by atoms with van der Waals surface area (Å²) in [7, 11) is 1.96. The zero-order valence-electron chi connectivity index (χ0n) is 13.2. The summed E-state index contributed by atoms with van der Waals surface area (Å²) in [5, 5.41) is 9.72. The van der Waals surface area contributed by atoms with E-state index in [9.17, 15) is 4.79 Å². The number of hydrogen-bond acceptors (Lipinski definition) is 4. The van der Waals surface area contributed by atoms with Crippen LogP contribution >= 0.6 is 0 Å². The zero-order valence-corrected chi connectivity index (χ0v) is 13.2. The summed E-state index contributed by atoms with van der Waals surface area (Å²) in [6, 6.07) is 9.12. The van der Waals surface area contributed by atoms with Gasteiger partial charge >= 0.3 is 0 Å². The number of fused-ring (bicyclic) bond motifs is 1. The molecule has 4 aromatic rings. The molecular formula is C17H15N5O2. The van der Waals surface area contributed by atoms with Gasteiger partial charge in [-0.15, -0.1) is 0 Å². The Morgan fingerprint density at radius 1 is 1.29 bits per heavy atom. The van der Waals surface area contributed by atoms with Crippen LogP contribution < -0.4 is 5.32 Å². The Hall–Kier alpha value is -3.35. The molecule has 0 aliphatic rings. The molecule has 0 unspecified atom stereocenters. The maximum absolute atomic E-state index is 12.4. The van der Waals surface area contributed by atoms with Crippen LogP contribution in [-0.4, -0.2) is 25.7 Å². The monoisotopic (exact) mass is 321 g/mol. The molecule has 1 amide bonds. The number of hydrogen-bond donors (Lipinski definition) is 2. The van der Waals surface area contributed by atoms with Crippen LogP contribution in [0.15, 0.2) is 47.3 Å². The summed E-state index contributed by atoms with van der Waals surface area (Å²) in [5.74, 6) is 0.663. The van der Waals surface area contributed by atoms with Crippen molar-refractivity contribution < 1.29 is 9.21 Å². The lowest BCUT2D eigenvalue weighted by Crippen LogP contribution is -2.12. The molecule has 0 saturated carbocycles. The van der Waals surface area contributed by atoms with Crippen molar-refractivity contribution in [2.45, 2.75) is 6.92 Å². The molecule has 24 heavy (non-hydrogen) atoms. The summed E-state index contributed by atoms with van der Waals surface area (Å²) >= 11 is 0. The Morgan fingerprint density at radius 3 is 2.96 bits per heavy atom. The minimum Gasteiger partial charge on any atom is -0.472 e. The normalized spacial score (nSPS) is 11.1. The minimum atomic E-state index is -0.260. The van der Waals surface area contributed by atoms with Gasteiger partial charge in [-0.1, -0.05) is 0 Å². The largest absolute Gasteiger partial charge is 0.472 e. The SMILES string of the molecule is Cc1nc2cc(NC(=O)c3cc(-c4ccoc4)n[nH]3)ccc2n1C. The predicted molar refractivity (Wildman–Crippen MR) is 89.7 cm³/mol. The summed E-state index contributed by atoms with van der Waals surface area (Å²) in [6.45, 7) is 1.94. The summed E-state index contributed by atoms with van der Waals surface area (Å²) in [4.78, 5) is 16.8. The highest BCUT2D eigenvalue weighted by molar-refractivity contribution is 6.04. The molecule has 7 nitrogen and oxygen atoms in total. The van der Waals surface area contributed by atoms with Crippen molar-refractivity contribution in [2.75, 3.05) is 5.32 Å². The van der Waals surface area contributed by atoms with E-state index < -0.39 is 0 Å². The Labute approximate surface area is 137 Å². The minimum absolute atomic E-state index is 0.260. The molecule has 7 heteroatoms. The van der Waals surface area contributed by atoms with Gasteiger partial charge in [0.15, 0.2) is 0 Å². The molecule has 1 aromatic carbocycles. The summed E-state index contributed by atoms with van der Waals surface area (Å²) in [5.41, 5.74) is 4.40. The number of rotatable bonds is 3. The second kappa shape index (κ2) is 5.38. The molecule has 2 N–H and O–H groups in total. The summed E-state index contributed by atoms with van der Waals surface area (Å²) < 4.78 is 7.03. The maximum atomic E-state index is 12.4. The van der Waals surface area contributed by atoms with Crippen molar-refractivity contribution in [2.24, 2.45) is 7.05 Å². The lowest BCUT2D eigenvalue weighted by Gasteiger charge is -2.03. The van der Waals surface area contributed by atoms with Gasteiger partial charge < -0.3 is 14.3 Å². The first-order valence-corrected chi connectivity index (χ1v) is 7.44. The standard InChI is InChI=1S/C17H15N5O2/c1-10-18-14-7-12(3-4-16(14)22(10)2)19-17(23)15-8-13(20-21-15)11-5-6-24-9-11/h3-9H,1-2H3,(H,19,23)(H,20,21). The van der Waals surface area contributed by atoms with Crippen molar-refractivity contribution in [3.05, 3.63) is 54.4 Å². The van der Waals surface area contributed by atoms with E-state index in [1.807, 2.05) is 36.7 Å². The molecule has 3 aromatic heterocycles. The lowest BCUT2D eigenvalue weighted by atomic mass is 10.2. The van der Waals surface area contributed by atoms with Crippen LogP contribution in [0.25, 0.3) is 22.3 Å². The van der Waals surface area contributed by atoms with Gasteiger partial charge in [0.25, 0.3) is 5.91 Å². The average molecular weight is 321 g/mol. The van der Waals surface area contributed by atoms with Gasteiger partial charge in [0.1, 0.15) is 11.5 Å². The molecule has 0 aliphatic carbocycles. The van der Waals surface area contributed by atoms with E-state index in [0.717, 1.165) is 22.4 Å². The molecule has 0 fully saturated rings. The van der Waals surface area contributed by atoms with Gasteiger partial charge in [0.05, 0.1) is 29.3 Å². The quantitative estimate of drug-likeness (QED) is 0.607. The number of amides is 1. The fourth-order valence-electron chi connectivity index (χ4n) is 2.59. The first kappa shape index (κ1) is 14.3. The van der Waals surface area contributed by atoms with Crippen molar-refractivity contribution in [3.63, 3.8) is 0 Å². The number of carbonyl (C=O) groups excluding carboxylic acids is 1. The Balaban J connectivity index is 1.58. The molecule has 0 atom stereocenters. The molecule has 0 saturated heterocycles. The maximum Gasteiger partial charge on any atom is 0.273 e. The topological polar surface area (TPSA) is 88.7 Å². The molecular weight excluding hydrogens is 306 g/mol. The average Bonchev–Trinajstić information content (AvgIpc) is 3.29. The van der Waals surface area contributed by atoms with Crippen LogP contribution in [0.5, 0.6) is 0 Å². The number of anilines is 1. The van der Waals surface area contributed by atoms with Crippen molar-refractivity contribution in [1.82, 2.24) is 19.7 Å². The molecule has 0 bridgehead atoms. The van der Waals surface area contributed by atoms with Gasteiger partial charge in [-0.25, -0.2) is 4.98 Å². The van der Waals surface area contributed by atoms with Crippen LogP contribution in [0.1, 0.15) is 16.3 Å². The number of aromatic amines is 1. The molecule has 4 rings (SSSR count). The number of aryl methyl sites for hydroxylation is 2. The van der Waals surface area contributed by atoms with Crippen molar-refractivity contribution in [1.29, 1.82) is 0 Å². The first-order chi connectivity index (χ1) is 11.6. The van der Waals surface area contributed by atoms with Gasteiger partial charge in [0.2, 0.25) is 0 Å². The number of imidazole rings is 1. The number of benzene rings is 1. The predicted octanol–water partition coefficient (Wildman–Crippen LogP) is 3.12. The molecule has 0 spiro atoms. The third-order valence-corrected chi connectivity index (χ3v) is 4.00. The van der Waals surface area contributed by atoms with Gasteiger partial charge in [-0.05, 0) is 37.3 Å². The molecule has 3 heterocycles. The Kier molecular flexibility index (Phi) is 3.19. The van der Waals surface area contributed by atoms with Crippen LogP contribution in [0.4, 0.5) is 5.69 Å².